The Kier molecular flexibility index (Phi) is 8.30. The maximum atomic E-state index is 12.9. The van der Waals surface area contributed by atoms with E-state index in [-0.39, 0.29) is 42.2 Å². The maximum absolute atomic E-state index is 12.9. The van der Waals surface area contributed by atoms with Crippen molar-refractivity contribution in [3.05, 3.63) is 48.3 Å². The van der Waals surface area contributed by atoms with E-state index in [0.717, 1.165) is 12.1 Å². The van der Waals surface area contributed by atoms with E-state index in [2.05, 4.69) is 20.9 Å². The lowest BCUT2D eigenvalue weighted by atomic mass is 10.3. The van der Waals surface area contributed by atoms with Gasteiger partial charge in [-0.1, -0.05) is 0 Å². The molecule has 0 aromatic heterocycles. The average molecular weight is 500 g/mol. The number of hydrogen-bond donors (Lipinski definition) is 3. The normalized spacial score (nSPS) is 13.0. The summed E-state index contributed by atoms with van der Waals surface area (Å²) in [5.41, 5.74) is 1.28. The van der Waals surface area contributed by atoms with Crippen LogP contribution in [0, 0.1) is 5.82 Å². The van der Waals surface area contributed by atoms with Crippen molar-refractivity contribution >= 4 is 47.2 Å². The Morgan fingerprint density at radius 3 is 2.43 bits per heavy atom. The van der Waals surface area contributed by atoms with E-state index in [1.807, 2.05) is 18.2 Å². The topological polar surface area (TPSA) is 84.0 Å². The summed E-state index contributed by atoms with van der Waals surface area (Å²) in [7, 11) is 1.61. The molecule has 2 aromatic carbocycles. The zero-order valence-corrected chi connectivity index (χ0v) is 17.7. The molecule has 28 heavy (non-hydrogen) atoms. The first kappa shape index (κ1) is 21.7. The molecule has 0 bridgehead atoms. The van der Waals surface area contributed by atoms with Crippen LogP contribution in [0.25, 0.3) is 0 Å². The van der Waals surface area contributed by atoms with Gasteiger partial charge in [-0.3, -0.25) is 9.79 Å². The summed E-state index contributed by atoms with van der Waals surface area (Å²) in [4.78, 5) is 16.1. The summed E-state index contributed by atoms with van der Waals surface area (Å²) < 4.78 is 24.2. The molecule has 2 aromatic rings. The minimum atomic E-state index is -0.356. The quantitative estimate of drug-likeness (QED) is 0.341. The van der Waals surface area contributed by atoms with Gasteiger partial charge in [0, 0.05) is 30.9 Å². The largest absolute Gasteiger partial charge is 0.490 e. The van der Waals surface area contributed by atoms with Crippen molar-refractivity contribution in [2.45, 2.75) is 6.42 Å². The van der Waals surface area contributed by atoms with Gasteiger partial charge in [-0.2, -0.15) is 0 Å². The van der Waals surface area contributed by atoms with Crippen LogP contribution in [0.5, 0.6) is 11.5 Å². The molecule has 0 saturated carbocycles. The zero-order valence-electron chi connectivity index (χ0n) is 15.3. The van der Waals surface area contributed by atoms with Crippen LogP contribution in [0.4, 0.5) is 15.8 Å². The Morgan fingerprint density at radius 1 is 1.04 bits per heavy atom. The Bertz CT molecular complexity index is 830. The summed E-state index contributed by atoms with van der Waals surface area (Å²) in [6.07, 6.45) is 0.837. The highest BCUT2D eigenvalue weighted by molar-refractivity contribution is 14.0. The summed E-state index contributed by atoms with van der Waals surface area (Å²) in [5.74, 6) is 1.18. The van der Waals surface area contributed by atoms with Gasteiger partial charge in [0.25, 0.3) is 0 Å². The number of benzene rings is 2. The number of hydrogen-bond acceptors (Lipinski definition) is 4. The van der Waals surface area contributed by atoms with E-state index in [1.54, 1.807) is 7.05 Å². The number of anilines is 2. The lowest BCUT2D eigenvalue weighted by Crippen LogP contribution is -2.37. The van der Waals surface area contributed by atoms with Gasteiger partial charge in [0.1, 0.15) is 5.82 Å². The lowest BCUT2D eigenvalue weighted by molar-refractivity contribution is -0.115. The van der Waals surface area contributed by atoms with Crippen LogP contribution in [0.2, 0.25) is 0 Å². The fraction of sp³-hybridized carbons (Fsp3) is 0.263. The van der Waals surface area contributed by atoms with Gasteiger partial charge < -0.3 is 25.4 Å². The number of nitrogens with zero attached hydrogens (tertiary/aromatic N) is 1. The van der Waals surface area contributed by atoms with Crippen molar-refractivity contribution in [2.24, 2.45) is 4.99 Å². The molecule has 9 heteroatoms. The molecule has 1 heterocycles. The standard InChI is InChI=1S/C19H21FN4O3.HI/c1-21-19(22-12-18(25)23-14-5-3-13(20)4-6-14)24-15-7-8-16-17(11-15)27-10-2-9-26-16;/h3-8,11H,2,9-10,12H2,1H3,(H,23,25)(H2,21,22,24);1H. The molecule has 0 radical (unpaired) electrons. The number of nitrogens with one attached hydrogen (secondary N) is 3. The van der Waals surface area contributed by atoms with Crippen LogP contribution in [-0.4, -0.2) is 38.7 Å². The number of aliphatic imine (C=N–C) groups is 1. The minimum absolute atomic E-state index is 0. The highest BCUT2D eigenvalue weighted by Crippen LogP contribution is 2.32. The van der Waals surface area contributed by atoms with Crippen molar-refractivity contribution in [1.82, 2.24) is 5.32 Å². The van der Waals surface area contributed by atoms with Crippen LogP contribution in [0.3, 0.4) is 0 Å². The number of amides is 1. The molecule has 0 fully saturated rings. The summed E-state index contributed by atoms with van der Waals surface area (Å²) in [6, 6.07) is 11.1. The average Bonchev–Trinajstić information content (AvgIpc) is 2.92. The Morgan fingerprint density at radius 2 is 1.71 bits per heavy atom. The molecule has 0 atom stereocenters. The monoisotopic (exact) mass is 500 g/mol. The van der Waals surface area contributed by atoms with Gasteiger partial charge in [-0.15, -0.1) is 24.0 Å². The molecular formula is C19H22FIN4O3. The van der Waals surface area contributed by atoms with E-state index in [4.69, 9.17) is 9.47 Å². The zero-order chi connectivity index (χ0) is 19.1. The van der Waals surface area contributed by atoms with Crippen LogP contribution in [0.15, 0.2) is 47.5 Å². The molecule has 150 valence electrons. The van der Waals surface area contributed by atoms with E-state index in [1.165, 1.54) is 24.3 Å². The number of carbonyl (C=O) groups excluding carboxylic acids is 1. The smallest absolute Gasteiger partial charge is 0.243 e. The predicted molar refractivity (Wildman–Crippen MR) is 117 cm³/mol. The van der Waals surface area contributed by atoms with Gasteiger partial charge >= 0.3 is 0 Å². The van der Waals surface area contributed by atoms with Crippen molar-refractivity contribution in [1.29, 1.82) is 0 Å². The van der Waals surface area contributed by atoms with Gasteiger partial charge in [0.05, 0.1) is 19.8 Å². The first-order chi connectivity index (χ1) is 13.1. The fourth-order valence-electron chi connectivity index (χ4n) is 2.46. The number of fused-ring (bicyclic) bond motifs is 1. The maximum Gasteiger partial charge on any atom is 0.243 e. The number of guanidine groups is 1. The van der Waals surface area contributed by atoms with Gasteiger partial charge in [0.2, 0.25) is 5.91 Å². The Labute approximate surface area is 179 Å². The SMILES string of the molecule is CN=C(NCC(=O)Nc1ccc(F)cc1)Nc1ccc2c(c1)OCCCO2.I. The van der Waals surface area contributed by atoms with Crippen LogP contribution >= 0.6 is 24.0 Å². The predicted octanol–water partition coefficient (Wildman–Crippen LogP) is 3.23. The van der Waals surface area contributed by atoms with Crippen LogP contribution in [-0.2, 0) is 4.79 Å². The molecule has 3 rings (SSSR count). The van der Waals surface area contributed by atoms with Crippen LogP contribution in [0.1, 0.15) is 6.42 Å². The van der Waals surface area contributed by atoms with E-state index < -0.39 is 0 Å². The molecule has 7 nitrogen and oxygen atoms in total. The minimum Gasteiger partial charge on any atom is -0.490 e. The van der Waals surface area contributed by atoms with Crippen molar-refractivity contribution in [3.8, 4) is 11.5 Å². The fourth-order valence-corrected chi connectivity index (χ4v) is 2.46. The third kappa shape index (κ3) is 6.25. The van der Waals surface area contributed by atoms with Gasteiger partial charge in [-0.05, 0) is 36.4 Å². The highest BCUT2D eigenvalue weighted by Gasteiger charge is 2.12. The van der Waals surface area contributed by atoms with Crippen molar-refractivity contribution < 1.29 is 18.7 Å². The molecule has 0 aliphatic carbocycles. The Hall–Kier alpha value is -2.56. The van der Waals surface area contributed by atoms with Crippen molar-refractivity contribution in [3.63, 3.8) is 0 Å². The first-order valence-electron chi connectivity index (χ1n) is 8.57. The molecule has 1 aliphatic heterocycles. The molecule has 0 unspecified atom stereocenters. The van der Waals surface area contributed by atoms with Crippen LogP contribution < -0.4 is 25.4 Å². The van der Waals surface area contributed by atoms with Gasteiger partial charge in [0.15, 0.2) is 17.5 Å². The number of rotatable bonds is 4. The highest BCUT2D eigenvalue weighted by atomic mass is 127. The lowest BCUT2D eigenvalue weighted by Gasteiger charge is -2.14. The Balaban J connectivity index is 0.00000280. The molecule has 3 N–H and O–H groups in total. The second-order valence-electron chi connectivity index (χ2n) is 5.82. The second kappa shape index (κ2) is 10.7. The molecule has 0 spiro atoms. The van der Waals surface area contributed by atoms with E-state index in [9.17, 15) is 9.18 Å². The van der Waals surface area contributed by atoms with Crippen molar-refractivity contribution in [2.75, 3.05) is 37.4 Å². The molecule has 1 amide bonds. The number of halogens is 2. The van der Waals surface area contributed by atoms with E-state index >= 15 is 0 Å². The molecule has 0 saturated heterocycles. The third-order valence-corrected chi connectivity index (χ3v) is 3.78. The summed E-state index contributed by atoms with van der Waals surface area (Å²) in [5, 5.41) is 8.69. The van der Waals surface area contributed by atoms with Gasteiger partial charge in [-0.25, -0.2) is 4.39 Å². The molecular weight excluding hydrogens is 478 g/mol. The first-order valence-corrected chi connectivity index (χ1v) is 8.57. The number of ether oxygens (including phenoxy) is 2. The summed E-state index contributed by atoms with van der Waals surface area (Å²) >= 11 is 0. The third-order valence-electron chi connectivity index (χ3n) is 3.78. The second-order valence-corrected chi connectivity index (χ2v) is 5.82. The number of carbonyl (C=O) groups is 1. The van der Waals surface area contributed by atoms with E-state index in [0.29, 0.717) is 36.4 Å². The molecule has 1 aliphatic rings. The summed E-state index contributed by atoms with van der Waals surface area (Å²) in [6.45, 7) is 1.24.